The van der Waals surface area contributed by atoms with Gasteiger partial charge in [0.2, 0.25) is 0 Å². The lowest BCUT2D eigenvalue weighted by molar-refractivity contribution is 0.181. The van der Waals surface area contributed by atoms with Crippen LogP contribution in [0.15, 0.2) is 84.0 Å². The normalized spacial score (nSPS) is 16.9. The molecule has 156 valence electrons. The molecule has 0 aliphatic carbocycles. The summed E-state index contributed by atoms with van der Waals surface area (Å²) < 4.78 is 11.7. The van der Waals surface area contributed by atoms with E-state index in [-0.39, 0.29) is 11.9 Å². The summed E-state index contributed by atoms with van der Waals surface area (Å²) in [6, 6.07) is 17.0. The molecule has 0 fully saturated rings. The number of phenols is 1. The van der Waals surface area contributed by atoms with Crippen LogP contribution in [0, 0.1) is 0 Å². The van der Waals surface area contributed by atoms with E-state index in [2.05, 4.69) is 13.5 Å². The van der Waals surface area contributed by atoms with E-state index in [0.29, 0.717) is 12.9 Å². The van der Waals surface area contributed by atoms with Crippen molar-refractivity contribution >= 4 is 13.2 Å². The summed E-state index contributed by atoms with van der Waals surface area (Å²) in [6.07, 6.45) is 6.65. The fraction of sp³-hybridized carbons (Fsp3) is 0.280. The van der Waals surface area contributed by atoms with Crippen molar-refractivity contribution in [3.8, 4) is 11.5 Å². The van der Waals surface area contributed by atoms with Crippen LogP contribution < -0.4 is 4.74 Å². The number of aromatic hydroxyl groups is 1. The number of benzene rings is 2. The molecule has 0 aromatic heterocycles. The molecule has 0 amide bonds. The van der Waals surface area contributed by atoms with E-state index in [1.807, 2.05) is 60.7 Å². The molecule has 2 aromatic rings. The molecule has 3 rings (SSSR count). The molecule has 5 heteroatoms. The molecule has 1 heterocycles. The predicted octanol–water partition coefficient (Wildman–Crippen LogP) is 5.41. The Kier molecular flexibility index (Phi) is 7.94. The van der Waals surface area contributed by atoms with Gasteiger partial charge >= 0.3 is 7.12 Å². The molecule has 4 nitrogen and oxygen atoms in total. The van der Waals surface area contributed by atoms with Gasteiger partial charge in [-0.25, -0.2) is 0 Å². The van der Waals surface area contributed by atoms with Gasteiger partial charge in [0.1, 0.15) is 18.1 Å². The highest BCUT2D eigenvalue weighted by molar-refractivity contribution is 6.43. The fourth-order valence-corrected chi connectivity index (χ4v) is 3.54. The van der Waals surface area contributed by atoms with Crippen molar-refractivity contribution in [3.63, 3.8) is 0 Å². The van der Waals surface area contributed by atoms with Crippen LogP contribution in [0.1, 0.15) is 31.7 Å². The van der Waals surface area contributed by atoms with Crippen LogP contribution in [0.5, 0.6) is 11.5 Å². The highest BCUT2D eigenvalue weighted by atomic mass is 16.5. The maximum atomic E-state index is 10.0. The molecule has 1 aliphatic heterocycles. The summed E-state index contributed by atoms with van der Waals surface area (Å²) in [5, 5.41) is 20.0. The molecule has 1 aliphatic rings. The lowest BCUT2D eigenvalue weighted by atomic mass is 9.78. The predicted molar refractivity (Wildman–Crippen MR) is 122 cm³/mol. The van der Waals surface area contributed by atoms with Gasteiger partial charge in [-0.05, 0) is 48.6 Å². The Morgan fingerprint density at radius 1 is 1.20 bits per heavy atom. The van der Waals surface area contributed by atoms with E-state index in [4.69, 9.17) is 9.39 Å². The summed E-state index contributed by atoms with van der Waals surface area (Å²) >= 11 is 0. The number of ether oxygens (including phenoxy) is 1. The molecule has 30 heavy (non-hydrogen) atoms. The second-order valence-corrected chi connectivity index (χ2v) is 7.43. The average Bonchev–Trinajstić information content (AvgIpc) is 2.77. The largest absolute Gasteiger partial charge is 0.507 e. The van der Waals surface area contributed by atoms with Gasteiger partial charge < -0.3 is 19.5 Å². The van der Waals surface area contributed by atoms with Gasteiger partial charge in [-0.15, -0.1) is 0 Å². The van der Waals surface area contributed by atoms with Gasteiger partial charge in [-0.2, -0.15) is 0 Å². The first-order valence-corrected chi connectivity index (χ1v) is 10.4. The third-order valence-electron chi connectivity index (χ3n) is 5.25. The summed E-state index contributed by atoms with van der Waals surface area (Å²) in [5.74, 6) is 1.08. The van der Waals surface area contributed by atoms with Crippen molar-refractivity contribution < 1.29 is 19.5 Å². The summed E-state index contributed by atoms with van der Waals surface area (Å²) in [6.45, 7) is 6.67. The van der Waals surface area contributed by atoms with Gasteiger partial charge in [0.05, 0.1) is 6.10 Å². The van der Waals surface area contributed by atoms with Gasteiger partial charge in [0.15, 0.2) is 0 Å². The number of hydrogen-bond donors (Lipinski definition) is 2. The Morgan fingerprint density at radius 3 is 2.67 bits per heavy atom. The fourth-order valence-electron chi connectivity index (χ4n) is 3.54. The number of rotatable bonds is 9. The van der Waals surface area contributed by atoms with Crippen LogP contribution >= 0.6 is 0 Å². The summed E-state index contributed by atoms with van der Waals surface area (Å²) in [7, 11) is -0.797. The molecule has 0 saturated heterocycles. The van der Waals surface area contributed by atoms with Crippen molar-refractivity contribution in [1.82, 2.24) is 0 Å². The topological polar surface area (TPSA) is 58.9 Å². The standard InChI is InChI=1S/C25H29BO4/c1-3-20(17-21-9-7-8-12-24(21)27)13-14-25-23(15-16-26(28)30-25)19(2)18-29-22-10-5-4-6-11-22/h4-12,15,17,25,27-28H,2-3,13-14,16,18H2,1H3/b20-17+. The third kappa shape index (κ3) is 6.12. The lowest BCUT2D eigenvalue weighted by Crippen LogP contribution is -2.32. The van der Waals surface area contributed by atoms with Gasteiger partial charge in [-0.1, -0.05) is 67.6 Å². The van der Waals surface area contributed by atoms with Gasteiger partial charge in [-0.3, -0.25) is 0 Å². The highest BCUT2D eigenvalue weighted by Crippen LogP contribution is 2.29. The minimum absolute atomic E-state index is 0.236. The van der Waals surface area contributed by atoms with Crippen LogP contribution in [0.3, 0.4) is 0 Å². The minimum Gasteiger partial charge on any atom is -0.507 e. The zero-order valence-electron chi connectivity index (χ0n) is 17.5. The van der Waals surface area contributed by atoms with Gasteiger partial charge in [0, 0.05) is 11.9 Å². The van der Waals surface area contributed by atoms with E-state index >= 15 is 0 Å². The molecule has 1 atom stereocenters. The van der Waals surface area contributed by atoms with Crippen molar-refractivity contribution in [2.75, 3.05) is 6.61 Å². The molecular weight excluding hydrogens is 375 g/mol. The number of phenolic OH excluding ortho intramolecular Hbond substituents is 1. The molecule has 0 radical (unpaired) electrons. The van der Waals surface area contributed by atoms with Crippen LogP contribution in [-0.4, -0.2) is 30.0 Å². The summed E-state index contributed by atoms with van der Waals surface area (Å²) in [4.78, 5) is 0. The van der Waals surface area contributed by atoms with Crippen LogP contribution in [-0.2, 0) is 4.65 Å². The first kappa shape index (κ1) is 21.9. The van der Waals surface area contributed by atoms with Crippen molar-refractivity contribution in [1.29, 1.82) is 0 Å². The molecule has 1 unspecified atom stereocenters. The molecule has 0 bridgehead atoms. The smallest absolute Gasteiger partial charge is 0.458 e. The van der Waals surface area contributed by atoms with E-state index < -0.39 is 7.12 Å². The Hall–Kier alpha value is -2.76. The van der Waals surface area contributed by atoms with Crippen molar-refractivity contribution in [2.45, 2.75) is 38.6 Å². The van der Waals surface area contributed by atoms with Crippen LogP contribution in [0.2, 0.25) is 6.32 Å². The van der Waals surface area contributed by atoms with Crippen molar-refractivity contribution in [3.05, 3.63) is 89.5 Å². The second kappa shape index (κ2) is 10.9. The maximum Gasteiger partial charge on any atom is 0.458 e. The second-order valence-electron chi connectivity index (χ2n) is 7.43. The first-order valence-electron chi connectivity index (χ1n) is 10.4. The molecular formula is C25H29BO4. The number of para-hydroxylation sites is 2. The van der Waals surface area contributed by atoms with Crippen LogP contribution in [0.4, 0.5) is 0 Å². The maximum absolute atomic E-state index is 10.0. The molecule has 2 N–H and O–H groups in total. The monoisotopic (exact) mass is 404 g/mol. The van der Waals surface area contributed by atoms with Crippen LogP contribution in [0.25, 0.3) is 6.08 Å². The Balaban J connectivity index is 1.65. The van der Waals surface area contributed by atoms with E-state index in [0.717, 1.165) is 41.7 Å². The summed E-state index contributed by atoms with van der Waals surface area (Å²) in [5.41, 5.74) is 3.88. The van der Waals surface area contributed by atoms with E-state index in [1.54, 1.807) is 6.07 Å². The number of hydrogen-bond acceptors (Lipinski definition) is 4. The molecule has 2 aromatic carbocycles. The average molecular weight is 404 g/mol. The molecule has 0 spiro atoms. The Bertz CT molecular complexity index is 904. The van der Waals surface area contributed by atoms with Gasteiger partial charge in [0.25, 0.3) is 0 Å². The third-order valence-corrected chi connectivity index (χ3v) is 5.25. The SMILES string of the molecule is C=C(COc1ccccc1)C1=CCB(O)OC1CC/C(=C/c1ccccc1O)CC. The minimum atomic E-state index is -0.797. The Morgan fingerprint density at radius 2 is 1.93 bits per heavy atom. The zero-order valence-corrected chi connectivity index (χ0v) is 17.5. The van der Waals surface area contributed by atoms with E-state index in [9.17, 15) is 10.1 Å². The zero-order chi connectivity index (χ0) is 21.3. The quantitative estimate of drug-likeness (QED) is 0.549. The first-order chi connectivity index (χ1) is 14.6. The Labute approximate surface area is 179 Å². The highest BCUT2D eigenvalue weighted by Gasteiger charge is 2.28. The molecule has 0 saturated carbocycles. The van der Waals surface area contributed by atoms with E-state index in [1.165, 1.54) is 5.57 Å². The number of allylic oxidation sites excluding steroid dienone is 2. The van der Waals surface area contributed by atoms with Crippen molar-refractivity contribution in [2.24, 2.45) is 0 Å². The lowest BCUT2D eigenvalue weighted by Gasteiger charge is -2.28.